The van der Waals surface area contributed by atoms with Gasteiger partial charge in [-0.3, -0.25) is 4.79 Å². The lowest BCUT2D eigenvalue weighted by atomic mass is 10.1. The summed E-state index contributed by atoms with van der Waals surface area (Å²) in [4.78, 5) is 11.5. The first kappa shape index (κ1) is 10.6. The van der Waals surface area contributed by atoms with Crippen LogP contribution >= 0.6 is 0 Å². The molecule has 1 atom stereocenters. The summed E-state index contributed by atoms with van der Waals surface area (Å²) in [7, 11) is 0. The van der Waals surface area contributed by atoms with Gasteiger partial charge in [0.05, 0.1) is 0 Å². The van der Waals surface area contributed by atoms with Crippen LogP contribution in [0.4, 0.5) is 0 Å². The molecule has 0 aliphatic carbocycles. The maximum absolute atomic E-state index is 11.5. The van der Waals surface area contributed by atoms with E-state index in [9.17, 15) is 4.79 Å². The lowest BCUT2D eigenvalue weighted by molar-refractivity contribution is 0.562. The van der Waals surface area contributed by atoms with Crippen LogP contribution < -0.4 is 11.3 Å². The van der Waals surface area contributed by atoms with Crippen molar-refractivity contribution in [1.82, 2.24) is 4.57 Å². The van der Waals surface area contributed by atoms with Gasteiger partial charge in [-0.15, -0.1) is 0 Å². The second-order valence-electron chi connectivity index (χ2n) is 3.71. The number of aromatic nitrogens is 1. The average molecular weight is 214 g/mol. The first-order valence-corrected chi connectivity index (χ1v) is 5.23. The van der Waals surface area contributed by atoms with Crippen molar-refractivity contribution >= 4 is 0 Å². The molecule has 0 bridgehead atoms. The minimum absolute atomic E-state index is 0.0196. The summed E-state index contributed by atoms with van der Waals surface area (Å²) in [5, 5.41) is 0. The third-order valence-corrected chi connectivity index (χ3v) is 2.52. The molecule has 2 N–H and O–H groups in total. The molecule has 0 unspecified atom stereocenters. The van der Waals surface area contributed by atoms with Crippen LogP contribution in [0.25, 0.3) is 0 Å². The summed E-state index contributed by atoms with van der Waals surface area (Å²) in [5.41, 5.74) is 7.06. The minimum Gasteiger partial charge on any atom is -0.322 e. The lowest BCUT2D eigenvalue weighted by Gasteiger charge is -2.13. The van der Waals surface area contributed by atoms with Crippen LogP contribution in [0.5, 0.6) is 0 Å². The van der Waals surface area contributed by atoms with Crippen LogP contribution in [0.2, 0.25) is 0 Å². The molecule has 0 radical (unpaired) electrons. The average Bonchev–Trinajstić information content (AvgIpc) is 2.33. The van der Waals surface area contributed by atoms with Crippen LogP contribution in [0, 0.1) is 0 Å². The molecule has 0 aliphatic heterocycles. The van der Waals surface area contributed by atoms with Gasteiger partial charge >= 0.3 is 0 Å². The van der Waals surface area contributed by atoms with E-state index in [0.29, 0.717) is 6.54 Å². The summed E-state index contributed by atoms with van der Waals surface area (Å²) >= 11 is 0. The first-order chi connectivity index (χ1) is 7.77. The molecule has 1 heterocycles. The molecular formula is C13H14N2O. The number of pyridine rings is 1. The number of nitrogens with two attached hydrogens (primary N) is 1. The molecule has 0 spiro atoms. The largest absolute Gasteiger partial charge is 0.322 e. The number of hydrogen-bond acceptors (Lipinski definition) is 2. The van der Waals surface area contributed by atoms with Gasteiger partial charge in [-0.1, -0.05) is 36.4 Å². The number of hydrogen-bond donors (Lipinski definition) is 1. The van der Waals surface area contributed by atoms with Crippen molar-refractivity contribution < 1.29 is 0 Å². The van der Waals surface area contributed by atoms with Crippen LogP contribution in [0.1, 0.15) is 11.6 Å². The van der Waals surface area contributed by atoms with Crippen molar-refractivity contribution in [3.05, 3.63) is 70.6 Å². The molecule has 2 rings (SSSR count). The summed E-state index contributed by atoms with van der Waals surface area (Å²) in [6.45, 7) is 0.504. The molecule has 3 heteroatoms. The summed E-state index contributed by atoms with van der Waals surface area (Å²) in [5.74, 6) is 0. The van der Waals surface area contributed by atoms with Crippen molar-refractivity contribution in [1.29, 1.82) is 0 Å². The van der Waals surface area contributed by atoms with E-state index in [1.165, 1.54) is 6.07 Å². The predicted molar refractivity (Wildman–Crippen MR) is 64.1 cm³/mol. The van der Waals surface area contributed by atoms with E-state index in [1.54, 1.807) is 16.8 Å². The van der Waals surface area contributed by atoms with Crippen molar-refractivity contribution in [2.75, 3.05) is 0 Å². The Hall–Kier alpha value is -1.87. The monoisotopic (exact) mass is 214 g/mol. The van der Waals surface area contributed by atoms with E-state index >= 15 is 0 Å². The van der Waals surface area contributed by atoms with Crippen molar-refractivity contribution in [3.8, 4) is 0 Å². The third kappa shape index (κ3) is 2.38. The maximum Gasteiger partial charge on any atom is 0.250 e. The molecule has 1 aromatic carbocycles. The fourth-order valence-electron chi connectivity index (χ4n) is 1.63. The van der Waals surface area contributed by atoms with Crippen LogP contribution in [-0.4, -0.2) is 4.57 Å². The molecule has 0 fully saturated rings. The normalized spacial score (nSPS) is 12.3. The van der Waals surface area contributed by atoms with Gasteiger partial charge in [-0.2, -0.15) is 0 Å². The Kier molecular flexibility index (Phi) is 3.17. The molecule has 0 saturated carbocycles. The van der Waals surface area contributed by atoms with Crippen LogP contribution in [-0.2, 0) is 6.54 Å². The summed E-state index contributed by atoms with van der Waals surface area (Å²) < 4.78 is 1.62. The van der Waals surface area contributed by atoms with Crippen molar-refractivity contribution in [2.24, 2.45) is 5.73 Å². The standard InChI is InChI=1S/C13H14N2O/c14-12(11-6-2-1-3-7-11)10-15-9-5-4-8-13(15)16/h1-9,12H,10,14H2/t12-/m0/s1. The zero-order valence-corrected chi connectivity index (χ0v) is 8.91. The highest BCUT2D eigenvalue weighted by atomic mass is 16.1. The Labute approximate surface area is 94.1 Å². The van der Waals surface area contributed by atoms with Gasteiger partial charge in [0.2, 0.25) is 0 Å². The molecule has 2 aromatic rings. The van der Waals surface area contributed by atoms with Gasteiger partial charge in [0, 0.05) is 24.8 Å². The molecule has 0 aliphatic rings. The van der Waals surface area contributed by atoms with Gasteiger partial charge in [0.1, 0.15) is 0 Å². The van der Waals surface area contributed by atoms with Gasteiger partial charge in [0.15, 0.2) is 0 Å². The van der Waals surface area contributed by atoms with E-state index in [1.807, 2.05) is 36.4 Å². The first-order valence-electron chi connectivity index (χ1n) is 5.23. The molecule has 0 saturated heterocycles. The Morgan fingerprint density at radius 3 is 2.44 bits per heavy atom. The number of nitrogens with zero attached hydrogens (tertiary/aromatic N) is 1. The smallest absolute Gasteiger partial charge is 0.250 e. The SMILES string of the molecule is N[C@@H](Cn1ccccc1=O)c1ccccc1. The molecule has 0 amide bonds. The second kappa shape index (κ2) is 4.77. The van der Waals surface area contributed by atoms with E-state index in [-0.39, 0.29) is 11.6 Å². The fraction of sp³-hybridized carbons (Fsp3) is 0.154. The van der Waals surface area contributed by atoms with Crippen molar-refractivity contribution in [3.63, 3.8) is 0 Å². The predicted octanol–water partition coefficient (Wildman–Crippen LogP) is 1.55. The highest BCUT2D eigenvalue weighted by Crippen LogP contribution is 2.10. The quantitative estimate of drug-likeness (QED) is 0.842. The van der Waals surface area contributed by atoms with Gasteiger partial charge in [0.25, 0.3) is 5.56 Å². The van der Waals surface area contributed by atoms with Crippen LogP contribution in [0.3, 0.4) is 0 Å². The minimum atomic E-state index is -0.152. The zero-order chi connectivity index (χ0) is 11.4. The van der Waals surface area contributed by atoms with E-state index in [2.05, 4.69) is 0 Å². The number of rotatable bonds is 3. The Balaban J connectivity index is 2.17. The third-order valence-electron chi connectivity index (χ3n) is 2.52. The summed E-state index contributed by atoms with van der Waals surface area (Å²) in [6.07, 6.45) is 1.76. The van der Waals surface area contributed by atoms with Crippen molar-refractivity contribution in [2.45, 2.75) is 12.6 Å². The van der Waals surface area contributed by atoms with Gasteiger partial charge < -0.3 is 10.3 Å². The molecular weight excluding hydrogens is 200 g/mol. The van der Waals surface area contributed by atoms with E-state index in [0.717, 1.165) is 5.56 Å². The van der Waals surface area contributed by atoms with Gasteiger partial charge in [-0.05, 0) is 11.6 Å². The Bertz CT molecular complexity index is 505. The van der Waals surface area contributed by atoms with E-state index in [4.69, 9.17) is 5.73 Å². The maximum atomic E-state index is 11.5. The molecule has 1 aromatic heterocycles. The topological polar surface area (TPSA) is 48.0 Å². The molecule has 3 nitrogen and oxygen atoms in total. The fourth-order valence-corrected chi connectivity index (χ4v) is 1.63. The Morgan fingerprint density at radius 2 is 1.75 bits per heavy atom. The van der Waals surface area contributed by atoms with Gasteiger partial charge in [-0.25, -0.2) is 0 Å². The number of benzene rings is 1. The molecule has 82 valence electrons. The second-order valence-corrected chi connectivity index (χ2v) is 3.71. The van der Waals surface area contributed by atoms with E-state index < -0.39 is 0 Å². The summed E-state index contributed by atoms with van der Waals surface area (Å²) in [6, 6.07) is 14.7. The highest BCUT2D eigenvalue weighted by molar-refractivity contribution is 5.18. The van der Waals surface area contributed by atoms with Crippen LogP contribution in [0.15, 0.2) is 59.5 Å². The molecule has 16 heavy (non-hydrogen) atoms. The Morgan fingerprint density at radius 1 is 1.06 bits per heavy atom. The lowest BCUT2D eigenvalue weighted by Crippen LogP contribution is -2.25. The highest BCUT2D eigenvalue weighted by Gasteiger charge is 2.06. The zero-order valence-electron chi connectivity index (χ0n) is 8.91.